The van der Waals surface area contributed by atoms with Crippen LogP contribution in [0.25, 0.3) is 0 Å². The molecular weight excluding hydrogens is 260 g/mol. The third kappa shape index (κ3) is 2.60. The van der Waals surface area contributed by atoms with E-state index in [4.69, 9.17) is 16.3 Å². The molecule has 2 aromatic carbocycles. The number of ether oxygens (including phenoxy) is 1. The minimum absolute atomic E-state index is 0.538. The molecule has 0 fully saturated rings. The highest BCUT2D eigenvalue weighted by molar-refractivity contribution is 6.31. The molecule has 1 unspecified atom stereocenters. The van der Waals surface area contributed by atoms with Crippen molar-refractivity contribution in [3.63, 3.8) is 0 Å². The zero-order valence-corrected chi connectivity index (χ0v) is 12.0. The van der Waals surface area contributed by atoms with Crippen molar-refractivity contribution in [1.29, 1.82) is 0 Å². The van der Waals surface area contributed by atoms with Gasteiger partial charge in [-0.2, -0.15) is 0 Å². The molecule has 1 N–H and O–H groups in total. The molecule has 19 heavy (non-hydrogen) atoms. The summed E-state index contributed by atoms with van der Waals surface area (Å²) in [6, 6.07) is 13.0. The first-order valence-corrected chi connectivity index (χ1v) is 6.47. The van der Waals surface area contributed by atoms with E-state index < -0.39 is 5.60 Å². The minimum Gasteiger partial charge on any atom is -0.496 e. The quantitative estimate of drug-likeness (QED) is 0.921. The summed E-state index contributed by atoms with van der Waals surface area (Å²) in [5.41, 5.74) is 1.24. The van der Waals surface area contributed by atoms with E-state index in [1.807, 2.05) is 43.3 Å². The summed E-state index contributed by atoms with van der Waals surface area (Å²) in [6.07, 6.45) is 0. The van der Waals surface area contributed by atoms with Gasteiger partial charge >= 0.3 is 0 Å². The molecule has 0 aliphatic heterocycles. The largest absolute Gasteiger partial charge is 0.496 e. The molecule has 0 radical (unpaired) electrons. The van der Waals surface area contributed by atoms with Crippen LogP contribution in [0.15, 0.2) is 42.5 Å². The Morgan fingerprint density at radius 3 is 2.42 bits per heavy atom. The summed E-state index contributed by atoms with van der Waals surface area (Å²) in [7, 11) is 1.59. The molecular formula is C16H17ClO2. The molecule has 0 aromatic heterocycles. The maximum Gasteiger partial charge on any atom is 0.125 e. The van der Waals surface area contributed by atoms with Gasteiger partial charge in [0.15, 0.2) is 0 Å². The fourth-order valence-corrected chi connectivity index (χ4v) is 2.52. The van der Waals surface area contributed by atoms with Gasteiger partial charge in [-0.1, -0.05) is 41.4 Å². The highest BCUT2D eigenvalue weighted by Crippen LogP contribution is 2.38. The van der Waals surface area contributed by atoms with E-state index >= 15 is 0 Å². The van der Waals surface area contributed by atoms with Crippen LogP contribution in [-0.2, 0) is 5.60 Å². The zero-order valence-electron chi connectivity index (χ0n) is 11.3. The standard InChI is InChI=1S/C16H17ClO2/c1-11-8-9-15(19-3)13(10-11)16(2,18)12-6-4-5-7-14(12)17/h4-10,18H,1-3H3. The summed E-state index contributed by atoms with van der Waals surface area (Å²) in [4.78, 5) is 0. The van der Waals surface area contributed by atoms with E-state index in [-0.39, 0.29) is 0 Å². The minimum atomic E-state index is -1.20. The van der Waals surface area contributed by atoms with Crippen LogP contribution >= 0.6 is 11.6 Å². The van der Waals surface area contributed by atoms with Crippen LogP contribution in [-0.4, -0.2) is 12.2 Å². The van der Waals surface area contributed by atoms with Gasteiger partial charge in [0.25, 0.3) is 0 Å². The predicted molar refractivity (Wildman–Crippen MR) is 77.9 cm³/mol. The summed E-state index contributed by atoms with van der Waals surface area (Å²) in [5, 5.41) is 11.4. The molecule has 0 spiro atoms. The van der Waals surface area contributed by atoms with Crippen LogP contribution in [0.4, 0.5) is 0 Å². The van der Waals surface area contributed by atoms with E-state index in [2.05, 4.69) is 0 Å². The molecule has 0 saturated carbocycles. The summed E-state index contributed by atoms with van der Waals surface area (Å²) in [6.45, 7) is 3.71. The second-order valence-electron chi connectivity index (χ2n) is 4.76. The molecule has 2 nitrogen and oxygen atoms in total. The molecule has 0 bridgehead atoms. The highest BCUT2D eigenvalue weighted by atomic mass is 35.5. The lowest BCUT2D eigenvalue weighted by atomic mass is 9.86. The topological polar surface area (TPSA) is 29.5 Å². The number of aliphatic hydroxyl groups is 1. The van der Waals surface area contributed by atoms with Crippen LogP contribution in [0.5, 0.6) is 5.75 Å². The van der Waals surface area contributed by atoms with Crippen LogP contribution in [0.2, 0.25) is 5.02 Å². The van der Waals surface area contributed by atoms with Gasteiger partial charge in [-0.15, -0.1) is 0 Å². The van der Waals surface area contributed by atoms with Gasteiger partial charge in [0, 0.05) is 16.1 Å². The van der Waals surface area contributed by atoms with Crippen LogP contribution in [0.1, 0.15) is 23.6 Å². The molecule has 2 aromatic rings. The lowest BCUT2D eigenvalue weighted by Gasteiger charge is -2.27. The SMILES string of the molecule is COc1ccc(C)cc1C(C)(O)c1ccccc1Cl. The van der Waals surface area contributed by atoms with Crippen molar-refractivity contribution in [2.24, 2.45) is 0 Å². The normalized spacial score (nSPS) is 13.9. The first-order valence-electron chi connectivity index (χ1n) is 6.09. The molecule has 0 aliphatic rings. The van der Waals surface area contributed by atoms with Gasteiger partial charge in [0.05, 0.1) is 7.11 Å². The van der Waals surface area contributed by atoms with E-state index in [1.54, 1.807) is 20.1 Å². The van der Waals surface area contributed by atoms with Gasteiger partial charge < -0.3 is 9.84 Å². The van der Waals surface area contributed by atoms with E-state index in [0.29, 0.717) is 21.9 Å². The van der Waals surface area contributed by atoms with Gasteiger partial charge in [0.1, 0.15) is 11.4 Å². The Morgan fingerprint density at radius 1 is 1.11 bits per heavy atom. The summed E-state index contributed by atoms with van der Waals surface area (Å²) >= 11 is 6.19. The number of rotatable bonds is 3. The Morgan fingerprint density at radius 2 is 1.79 bits per heavy atom. The Balaban J connectivity index is 2.62. The molecule has 1 atom stereocenters. The zero-order chi connectivity index (χ0) is 14.0. The molecule has 2 rings (SSSR count). The van der Waals surface area contributed by atoms with Crippen molar-refractivity contribution in [2.75, 3.05) is 7.11 Å². The summed E-state index contributed by atoms with van der Waals surface area (Å²) in [5.74, 6) is 0.649. The van der Waals surface area contributed by atoms with Crippen molar-refractivity contribution >= 4 is 11.6 Å². The fraction of sp³-hybridized carbons (Fsp3) is 0.250. The second kappa shape index (κ2) is 5.24. The van der Waals surface area contributed by atoms with Crippen molar-refractivity contribution in [3.8, 4) is 5.75 Å². The van der Waals surface area contributed by atoms with E-state index in [0.717, 1.165) is 5.56 Å². The molecule has 0 amide bonds. The van der Waals surface area contributed by atoms with Crippen molar-refractivity contribution in [2.45, 2.75) is 19.4 Å². The molecule has 0 aliphatic carbocycles. The third-order valence-electron chi connectivity index (χ3n) is 3.28. The maximum absolute atomic E-state index is 10.9. The first-order chi connectivity index (χ1) is 8.96. The predicted octanol–water partition coefficient (Wildman–Crippen LogP) is 3.91. The average molecular weight is 277 g/mol. The number of hydrogen-bond donors (Lipinski definition) is 1. The lowest BCUT2D eigenvalue weighted by molar-refractivity contribution is 0.0990. The second-order valence-corrected chi connectivity index (χ2v) is 5.16. The number of halogens is 1. The Labute approximate surface area is 118 Å². The average Bonchev–Trinajstić information content (AvgIpc) is 2.39. The van der Waals surface area contributed by atoms with Crippen molar-refractivity contribution in [3.05, 3.63) is 64.2 Å². The monoisotopic (exact) mass is 276 g/mol. The number of hydrogen-bond acceptors (Lipinski definition) is 2. The van der Waals surface area contributed by atoms with Gasteiger partial charge in [0.2, 0.25) is 0 Å². The van der Waals surface area contributed by atoms with Crippen molar-refractivity contribution in [1.82, 2.24) is 0 Å². The number of methoxy groups -OCH3 is 1. The maximum atomic E-state index is 10.9. The molecule has 0 saturated heterocycles. The third-order valence-corrected chi connectivity index (χ3v) is 3.61. The Hall–Kier alpha value is -1.51. The van der Waals surface area contributed by atoms with Crippen LogP contribution in [0, 0.1) is 6.92 Å². The lowest BCUT2D eigenvalue weighted by Crippen LogP contribution is -2.24. The Bertz CT molecular complexity index is 591. The van der Waals surface area contributed by atoms with Crippen molar-refractivity contribution < 1.29 is 9.84 Å². The molecule has 0 heterocycles. The van der Waals surface area contributed by atoms with E-state index in [9.17, 15) is 5.11 Å². The smallest absolute Gasteiger partial charge is 0.125 e. The van der Waals surface area contributed by atoms with Gasteiger partial charge in [-0.05, 0) is 32.0 Å². The van der Waals surface area contributed by atoms with Crippen LogP contribution in [0.3, 0.4) is 0 Å². The number of benzene rings is 2. The van der Waals surface area contributed by atoms with Gasteiger partial charge in [-0.3, -0.25) is 0 Å². The molecule has 3 heteroatoms. The summed E-state index contributed by atoms with van der Waals surface area (Å²) < 4.78 is 5.34. The highest BCUT2D eigenvalue weighted by Gasteiger charge is 2.30. The molecule has 100 valence electrons. The first kappa shape index (κ1) is 13.9. The Kier molecular flexibility index (Phi) is 3.83. The fourth-order valence-electron chi connectivity index (χ4n) is 2.20. The van der Waals surface area contributed by atoms with Gasteiger partial charge in [-0.25, -0.2) is 0 Å². The number of aryl methyl sites for hydroxylation is 1. The van der Waals surface area contributed by atoms with Crippen LogP contribution < -0.4 is 4.74 Å². The van der Waals surface area contributed by atoms with E-state index in [1.165, 1.54) is 0 Å².